The van der Waals surface area contributed by atoms with E-state index in [4.69, 9.17) is 9.97 Å². The lowest BCUT2D eigenvalue weighted by Crippen LogP contribution is -2.49. The van der Waals surface area contributed by atoms with Crippen LogP contribution >= 0.6 is 0 Å². The molecule has 10 rings (SSSR count). The molecule has 4 aromatic carbocycles. The van der Waals surface area contributed by atoms with Crippen molar-refractivity contribution in [2.24, 2.45) is 5.92 Å². The highest BCUT2D eigenvalue weighted by atomic mass is 19.1. The van der Waals surface area contributed by atoms with Gasteiger partial charge >= 0.3 is 6.01 Å². The van der Waals surface area contributed by atoms with E-state index in [9.17, 15) is 30.0 Å². The Kier molecular flexibility index (Phi) is 14.3. The zero-order valence-electron chi connectivity index (χ0n) is 41.3. The minimum absolute atomic E-state index is 0.0529. The van der Waals surface area contributed by atoms with Crippen molar-refractivity contribution in [2.45, 2.75) is 52.1 Å². The summed E-state index contributed by atoms with van der Waals surface area (Å²) in [6, 6.07) is 18.7. The fraction of sp³-hybridized carbons (Fsp3) is 0.407. The van der Waals surface area contributed by atoms with Crippen LogP contribution in [0.3, 0.4) is 0 Å². The van der Waals surface area contributed by atoms with Crippen LogP contribution < -0.4 is 15.1 Å². The number of hydrogen-bond donors (Lipinski definition) is 5. The molecule has 0 bridgehead atoms. The Morgan fingerprint density at radius 3 is 2.32 bits per heavy atom. The van der Waals surface area contributed by atoms with Crippen LogP contribution in [0, 0.1) is 11.7 Å². The minimum Gasteiger partial charge on any atom is -0.508 e. The van der Waals surface area contributed by atoms with E-state index in [1.807, 2.05) is 36.1 Å². The summed E-state index contributed by atoms with van der Waals surface area (Å²) < 4.78 is 17.0. The Hall–Kier alpha value is -7.51. The number of carbonyl (C=O) groups is 2. The number of rotatable bonds is 14. The second kappa shape index (κ2) is 21.3. The first kappa shape index (κ1) is 49.1. The maximum Gasteiger partial charge on any atom is 0.319 e. The van der Waals surface area contributed by atoms with Gasteiger partial charge in [-0.05, 0) is 72.9 Å². The van der Waals surface area contributed by atoms with Crippen molar-refractivity contribution in [1.29, 1.82) is 0 Å². The predicted molar refractivity (Wildman–Crippen MR) is 277 cm³/mol. The van der Waals surface area contributed by atoms with Gasteiger partial charge in [-0.3, -0.25) is 14.5 Å². The SMILES string of the molecule is C=CC(=O)N1CCN(c2nc(NCCC(=O)N3CCC(CN4CCN(Cc5ccc(-n6c(O)nnc6-c6cc(CC)c(O)cc6O)cc5F)CC4)CC3)nc3c2CCN(c2cc(O)cc4ccccc24)C3)CC1. The van der Waals surface area contributed by atoms with Crippen molar-refractivity contribution in [3.8, 4) is 40.3 Å². The van der Waals surface area contributed by atoms with Gasteiger partial charge in [-0.15, -0.1) is 5.10 Å². The normalized spacial score (nSPS) is 17.0. The van der Waals surface area contributed by atoms with E-state index in [1.165, 1.54) is 22.8 Å². The summed E-state index contributed by atoms with van der Waals surface area (Å²) in [5.74, 6) is 1.43. The maximum absolute atomic E-state index is 15.7. The van der Waals surface area contributed by atoms with Crippen molar-refractivity contribution in [1.82, 2.24) is 44.3 Å². The number of likely N-dealkylation sites (tertiary alicyclic amines) is 1. The molecule has 5 N–H and O–H groups in total. The van der Waals surface area contributed by atoms with E-state index >= 15 is 4.39 Å². The molecule has 73 heavy (non-hydrogen) atoms. The highest BCUT2D eigenvalue weighted by Crippen LogP contribution is 2.39. The quantitative estimate of drug-likeness (QED) is 0.0837. The third-order valence-electron chi connectivity index (χ3n) is 15.0. The van der Waals surface area contributed by atoms with Crippen LogP contribution in [0.2, 0.25) is 0 Å². The molecule has 19 heteroatoms. The first-order chi connectivity index (χ1) is 35.4. The molecule has 0 unspecified atom stereocenters. The number of aromatic nitrogens is 5. The second-order valence-electron chi connectivity index (χ2n) is 19.5. The number of benzene rings is 4. The summed E-state index contributed by atoms with van der Waals surface area (Å²) in [5, 5.41) is 55.3. The summed E-state index contributed by atoms with van der Waals surface area (Å²) in [4.78, 5) is 49.1. The van der Waals surface area contributed by atoms with Crippen LogP contribution in [-0.4, -0.2) is 162 Å². The fourth-order valence-corrected chi connectivity index (χ4v) is 10.9. The number of amides is 2. The molecule has 18 nitrogen and oxygen atoms in total. The summed E-state index contributed by atoms with van der Waals surface area (Å²) in [5.41, 5.74) is 4.59. The monoisotopic (exact) mass is 994 g/mol. The maximum atomic E-state index is 15.7. The Morgan fingerprint density at radius 2 is 1.56 bits per heavy atom. The molecule has 0 aliphatic carbocycles. The molecule has 0 atom stereocenters. The molecular formula is C54H63FN12O6. The van der Waals surface area contributed by atoms with Crippen LogP contribution in [0.1, 0.15) is 48.6 Å². The third kappa shape index (κ3) is 10.6. The van der Waals surface area contributed by atoms with E-state index in [2.05, 4.69) is 47.8 Å². The van der Waals surface area contributed by atoms with Gasteiger partial charge in [-0.2, -0.15) is 4.98 Å². The van der Waals surface area contributed by atoms with E-state index in [-0.39, 0.29) is 40.5 Å². The lowest BCUT2D eigenvalue weighted by Gasteiger charge is -2.39. The molecule has 3 fully saturated rings. The number of carbonyl (C=O) groups excluding carboxylic acids is 2. The van der Waals surface area contributed by atoms with E-state index in [0.29, 0.717) is 107 Å². The number of anilines is 3. The van der Waals surface area contributed by atoms with Gasteiger partial charge in [0.15, 0.2) is 5.82 Å². The average Bonchev–Trinajstić information content (AvgIpc) is 3.79. The number of nitrogens with one attached hydrogen (secondary N) is 1. The Labute approximate surface area is 423 Å². The fourth-order valence-electron chi connectivity index (χ4n) is 10.9. The van der Waals surface area contributed by atoms with E-state index < -0.39 is 11.8 Å². The van der Waals surface area contributed by atoms with Gasteiger partial charge in [0.25, 0.3) is 0 Å². The Bertz CT molecular complexity index is 3020. The van der Waals surface area contributed by atoms with Crippen LogP contribution in [0.5, 0.6) is 23.3 Å². The molecule has 3 saturated heterocycles. The first-order valence-corrected chi connectivity index (χ1v) is 25.4. The lowest BCUT2D eigenvalue weighted by atomic mass is 9.95. The largest absolute Gasteiger partial charge is 0.508 e. The predicted octanol–water partition coefficient (Wildman–Crippen LogP) is 5.66. The van der Waals surface area contributed by atoms with E-state index in [0.717, 1.165) is 85.6 Å². The molecule has 382 valence electrons. The first-order valence-electron chi connectivity index (χ1n) is 25.4. The minimum atomic E-state index is -0.456. The number of phenols is 3. The lowest BCUT2D eigenvalue weighted by molar-refractivity contribution is -0.132. The van der Waals surface area contributed by atoms with Crippen molar-refractivity contribution >= 4 is 40.0 Å². The zero-order chi connectivity index (χ0) is 50.8. The van der Waals surface area contributed by atoms with E-state index in [1.54, 1.807) is 29.2 Å². The van der Waals surface area contributed by atoms with Crippen molar-refractivity contribution < 1.29 is 34.4 Å². The standard InChI is InChI=1S/C54H63FN12O6/c1-3-36-28-43(48(70)31-47(36)69)52-59-60-54(73)67(52)39-10-9-38(44(55)29-39)33-62-21-19-61(20-22-62)32-35-12-16-63(17-13-35)50(72)11-15-56-53-57-45-34-66(46-30-40(68)27-37-7-5-6-8-41(37)46)18-14-42(45)51(58-53)65-25-23-64(24-26-65)49(71)4-2/h4-10,27-31,35,68-70H,2-3,11-26,32-34H2,1H3,(H,60,73)(H,56,57,58). The van der Waals surface area contributed by atoms with Crippen LogP contribution in [0.25, 0.3) is 27.8 Å². The average molecular weight is 995 g/mol. The Morgan fingerprint density at radius 1 is 0.795 bits per heavy atom. The van der Waals surface area contributed by atoms with Crippen LogP contribution in [0.15, 0.2) is 79.4 Å². The van der Waals surface area contributed by atoms with Gasteiger partial charge in [-0.25, -0.2) is 13.9 Å². The summed E-state index contributed by atoms with van der Waals surface area (Å²) >= 11 is 0. The molecule has 0 spiro atoms. The number of aryl methyl sites for hydroxylation is 1. The van der Waals surface area contributed by atoms with Gasteiger partial charge in [0.05, 0.1) is 23.5 Å². The number of aromatic hydroxyl groups is 4. The summed E-state index contributed by atoms with van der Waals surface area (Å²) in [7, 11) is 0. The van der Waals surface area contributed by atoms with Crippen molar-refractivity contribution in [2.75, 3.05) is 100 Å². The molecule has 0 radical (unpaired) electrons. The number of nitrogens with zero attached hydrogens (tertiary/aromatic N) is 11. The molecule has 6 heterocycles. The van der Waals surface area contributed by atoms with Gasteiger partial charge < -0.3 is 50.2 Å². The molecule has 4 aliphatic rings. The molecule has 6 aromatic rings. The number of piperazine rings is 2. The highest BCUT2D eigenvalue weighted by Gasteiger charge is 2.31. The van der Waals surface area contributed by atoms with Gasteiger partial charge in [0, 0.05) is 132 Å². The van der Waals surface area contributed by atoms with Crippen LogP contribution in [-0.2, 0) is 35.5 Å². The second-order valence-corrected chi connectivity index (χ2v) is 19.5. The molecule has 2 aromatic heterocycles. The number of phenolic OH excluding ortho intramolecular Hbond substituents is 3. The number of fused-ring (bicyclic) bond motifs is 2. The summed E-state index contributed by atoms with van der Waals surface area (Å²) in [6.07, 6.45) is 4.75. The molecular weight excluding hydrogens is 932 g/mol. The van der Waals surface area contributed by atoms with Gasteiger partial charge in [0.1, 0.15) is 28.9 Å². The topological polar surface area (TPSA) is 203 Å². The third-order valence-corrected chi connectivity index (χ3v) is 15.0. The Balaban J connectivity index is 0.706. The number of halogens is 1. The van der Waals surface area contributed by atoms with Crippen LogP contribution in [0.4, 0.5) is 21.8 Å². The molecule has 2 amide bonds. The zero-order valence-corrected chi connectivity index (χ0v) is 41.3. The van der Waals surface area contributed by atoms with Crippen molar-refractivity contribution in [3.63, 3.8) is 0 Å². The van der Waals surface area contributed by atoms with Gasteiger partial charge in [0.2, 0.25) is 17.8 Å². The van der Waals surface area contributed by atoms with Gasteiger partial charge in [-0.1, -0.05) is 48.9 Å². The summed E-state index contributed by atoms with van der Waals surface area (Å²) in [6.45, 7) is 15.7. The highest BCUT2D eigenvalue weighted by molar-refractivity contribution is 5.96. The molecule has 4 aliphatic heterocycles. The van der Waals surface area contributed by atoms with Crippen molar-refractivity contribution in [3.05, 3.63) is 108 Å². The number of piperidine rings is 1. The smallest absolute Gasteiger partial charge is 0.319 e. The number of hydrogen-bond acceptors (Lipinski definition) is 15. The molecule has 0 saturated carbocycles.